The Morgan fingerprint density at radius 3 is 2.90 bits per heavy atom. The third-order valence-electron chi connectivity index (χ3n) is 4.86. The van der Waals surface area contributed by atoms with Gasteiger partial charge in [-0.15, -0.1) is 0 Å². The van der Waals surface area contributed by atoms with Crippen LogP contribution in [0.1, 0.15) is 12.8 Å². The molecule has 10 heteroatoms. The van der Waals surface area contributed by atoms with E-state index in [1.807, 2.05) is 11.2 Å². The monoisotopic (exact) mass is 440 g/mol. The van der Waals surface area contributed by atoms with Crippen LogP contribution in [-0.4, -0.2) is 42.1 Å². The number of nitrogens with zero attached hydrogens (tertiary/aromatic N) is 2. The zero-order chi connectivity index (χ0) is 21.0. The fraction of sp³-hybridized carbons (Fsp3) is 0.368. The van der Waals surface area contributed by atoms with Crippen molar-refractivity contribution >= 4 is 41.0 Å². The number of hydrogen-bond acceptors (Lipinski definition) is 7. The minimum Gasteiger partial charge on any atom is -0.491 e. The molecule has 2 unspecified atom stereocenters. The molecule has 1 saturated heterocycles. The molecule has 1 aromatic carbocycles. The number of ether oxygens (including phenoxy) is 1. The molecule has 0 aliphatic carbocycles. The maximum Gasteiger partial charge on any atom is 0.226 e. The average molecular weight is 441 g/mol. The molecule has 1 fully saturated rings. The highest BCUT2D eigenvalue weighted by molar-refractivity contribution is 7.99. The zero-order valence-corrected chi connectivity index (χ0v) is 17.7. The minimum atomic E-state index is -1.02. The van der Waals surface area contributed by atoms with Crippen LogP contribution in [0, 0.1) is 11.6 Å². The molecule has 0 bridgehead atoms. The first kappa shape index (κ1) is 21.7. The van der Waals surface area contributed by atoms with Crippen molar-refractivity contribution in [2.75, 3.05) is 30.1 Å². The van der Waals surface area contributed by atoms with E-state index >= 15 is 0 Å². The number of pyridine rings is 1. The van der Waals surface area contributed by atoms with Gasteiger partial charge >= 0.3 is 0 Å². The molecule has 3 rings (SSSR count). The van der Waals surface area contributed by atoms with Crippen LogP contribution in [-0.2, 0) is 4.79 Å². The number of carbonyl (C=O) groups is 1. The molecule has 2 heterocycles. The summed E-state index contributed by atoms with van der Waals surface area (Å²) in [6.45, 7) is 0.619. The maximum absolute atomic E-state index is 14.2. The van der Waals surface area contributed by atoms with Gasteiger partial charge in [0.1, 0.15) is 5.03 Å². The van der Waals surface area contributed by atoms with E-state index in [2.05, 4.69) is 10.3 Å². The molecule has 6 nitrogen and oxygen atoms in total. The van der Waals surface area contributed by atoms with Gasteiger partial charge in [-0.3, -0.25) is 9.93 Å². The van der Waals surface area contributed by atoms with Crippen molar-refractivity contribution in [2.24, 2.45) is 5.14 Å². The van der Waals surface area contributed by atoms with Gasteiger partial charge in [0.15, 0.2) is 11.6 Å². The summed E-state index contributed by atoms with van der Waals surface area (Å²) in [7, 11) is 1.31. The third-order valence-corrected chi connectivity index (χ3v) is 6.48. The summed E-state index contributed by atoms with van der Waals surface area (Å²) in [5.41, 5.74) is 1.06. The summed E-state index contributed by atoms with van der Waals surface area (Å²) < 4.78 is 33.0. The van der Waals surface area contributed by atoms with Gasteiger partial charge in [-0.05, 0) is 48.9 Å². The largest absolute Gasteiger partial charge is 0.491 e. The van der Waals surface area contributed by atoms with Crippen LogP contribution in [0.15, 0.2) is 35.5 Å². The van der Waals surface area contributed by atoms with Crippen molar-refractivity contribution in [3.63, 3.8) is 0 Å². The molecule has 2 atom stereocenters. The molecule has 156 valence electrons. The average Bonchev–Trinajstić information content (AvgIpc) is 3.12. The van der Waals surface area contributed by atoms with Crippen molar-refractivity contribution in [2.45, 2.75) is 29.2 Å². The molecule has 1 aliphatic heterocycles. The summed E-state index contributed by atoms with van der Waals surface area (Å²) in [5, 5.41) is 9.14. The van der Waals surface area contributed by atoms with Crippen LogP contribution in [0.25, 0.3) is 0 Å². The van der Waals surface area contributed by atoms with E-state index in [-0.39, 0.29) is 29.4 Å². The first-order valence-corrected chi connectivity index (χ1v) is 11.1. The van der Waals surface area contributed by atoms with Crippen molar-refractivity contribution < 1.29 is 18.3 Å². The fourth-order valence-corrected chi connectivity index (χ4v) is 4.75. The van der Waals surface area contributed by atoms with Crippen LogP contribution >= 0.6 is 23.7 Å². The van der Waals surface area contributed by atoms with Crippen LogP contribution in [0.2, 0.25) is 0 Å². The highest BCUT2D eigenvalue weighted by Gasteiger charge is 2.37. The van der Waals surface area contributed by atoms with Crippen molar-refractivity contribution in [1.29, 1.82) is 0 Å². The molecule has 0 saturated carbocycles. The lowest BCUT2D eigenvalue weighted by molar-refractivity contribution is -0.116. The van der Waals surface area contributed by atoms with Crippen LogP contribution in [0.3, 0.4) is 0 Å². The van der Waals surface area contributed by atoms with E-state index in [0.29, 0.717) is 22.9 Å². The van der Waals surface area contributed by atoms with Gasteiger partial charge in [-0.25, -0.2) is 9.37 Å². The number of methoxy groups -OCH3 is 1. The van der Waals surface area contributed by atoms with Gasteiger partial charge in [0.2, 0.25) is 11.7 Å². The van der Waals surface area contributed by atoms with Gasteiger partial charge in [-0.1, -0.05) is 0 Å². The molecule has 3 N–H and O–H groups in total. The maximum atomic E-state index is 14.2. The number of benzene rings is 1. The van der Waals surface area contributed by atoms with Crippen molar-refractivity contribution in [1.82, 2.24) is 4.98 Å². The Balaban J connectivity index is 1.81. The summed E-state index contributed by atoms with van der Waals surface area (Å²) in [6.07, 6.45) is 4.57. The van der Waals surface area contributed by atoms with Gasteiger partial charge in [0.05, 0.1) is 12.8 Å². The second-order valence-electron chi connectivity index (χ2n) is 6.49. The van der Waals surface area contributed by atoms with Gasteiger partial charge in [0, 0.05) is 36.1 Å². The Morgan fingerprint density at radius 2 is 2.21 bits per heavy atom. The molecule has 0 spiro atoms. The Bertz CT molecular complexity index is 887. The first-order chi connectivity index (χ1) is 14.0. The zero-order valence-electron chi connectivity index (χ0n) is 16.0. The predicted octanol–water partition coefficient (Wildman–Crippen LogP) is 3.67. The standard InChI is InChI=1S/C19H22F2N4O2S2/c1-27-19-13(4-3-12(20)18(19)21)25-8-6-15(28-2)14(25)10-16(26)24-11-5-7-23-17(9-11)29-22/h3-5,7,9,14-15H,6,8,10,22H2,1-2H3,(H,23,24,26). The number of hydrogen-bond donors (Lipinski definition) is 2. The molecule has 1 amide bonds. The van der Waals surface area contributed by atoms with Crippen molar-refractivity contribution in [3.05, 3.63) is 42.1 Å². The highest BCUT2D eigenvalue weighted by atomic mass is 32.2. The smallest absolute Gasteiger partial charge is 0.226 e. The van der Waals surface area contributed by atoms with Crippen LogP contribution < -0.4 is 20.1 Å². The highest BCUT2D eigenvalue weighted by Crippen LogP contribution is 2.40. The van der Waals surface area contributed by atoms with Crippen LogP contribution in [0.4, 0.5) is 20.2 Å². The summed E-state index contributed by atoms with van der Waals surface area (Å²) in [5.74, 6) is -2.31. The lowest BCUT2D eigenvalue weighted by Gasteiger charge is -2.30. The van der Waals surface area contributed by atoms with E-state index in [1.54, 1.807) is 30.1 Å². The second kappa shape index (κ2) is 9.64. The van der Waals surface area contributed by atoms with Gasteiger partial charge < -0.3 is 15.0 Å². The number of aromatic nitrogens is 1. The summed E-state index contributed by atoms with van der Waals surface area (Å²) in [4.78, 5) is 18.7. The van der Waals surface area contributed by atoms with E-state index in [4.69, 9.17) is 9.88 Å². The molecular formula is C19H22F2N4O2S2. The number of halogens is 2. The predicted molar refractivity (Wildman–Crippen MR) is 113 cm³/mol. The number of anilines is 2. The van der Waals surface area contributed by atoms with Crippen LogP contribution in [0.5, 0.6) is 5.75 Å². The quantitative estimate of drug-likeness (QED) is 0.636. The number of thioether (sulfide) groups is 1. The second-order valence-corrected chi connectivity index (χ2v) is 8.22. The molecular weight excluding hydrogens is 418 g/mol. The number of rotatable bonds is 7. The lowest BCUT2D eigenvalue weighted by atomic mass is 10.1. The minimum absolute atomic E-state index is 0.143. The van der Waals surface area contributed by atoms with E-state index in [0.717, 1.165) is 24.4 Å². The van der Waals surface area contributed by atoms with E-state index in [1.165, 1.54) is 13.2 Å². The Hall–Kier alpha value is -2.04. The summed E-state index contributed by atoms with van der Waals surface area (Å²) in [6, 6.07) is 5.78. The fourth-order valence-electron chi connectivity index (χ4n) is 3.54. The molecule has 2 aromatic rings. The molecule has 0 radical (unpaired) electrons. The van der Waals surface area contributed by atoms with Crippen molar-refractivity contribution in [3.8, 4) is 5.75 Å². The van der Waals surface area contributed by atoms with E-state index < -0.39 is 11.6 Å². The Morgan fingerprint density at radius 1 is 1.41 bits per heavy atom. The van der Waals surface area contributed by atoms with Gasteiger partial charge in [0.25, 0.3) is 0 Å². The Kier molecular flexibility index (Phi) is 7.20. The first-order valence-electron chi connectivity index (χ1n) is 8.92. The Labute approximate surface area is 176 Å². The molecule has 29 heavy (non-hydrogen) atoms. The number of carbonyl (C=O) groups excluding carboxylic acids is 1. The SMILES string of the molecule is COc1c(N2CCC(SC)C2CC(=O)Nc2ccnc(SN)c2)ccc(F)c1F. The summed E-state index contributed by atoms with van der Waals surface area (Å²) >= 11 is 2.65. The molecule has 1 aliphatic rings. The number of nitrogens with two attached hydrogens (primary N) is 1. The van der Waals surface area contributed by atoms with Gasteiger partial charge in [-0.2, -0.15) is 16.2 Å². The third kappa shape index (κ3) is 4.76. The number of nitrogens with one attached hydrogen (secondary N) is 1. The normalized spacial score (nSPS) is 18.7. The molecule has 1 aromatic heterocycles. The number of amides is 1. The lowest BCUT2D eigenvalue weighted by Crippen LogP contribution is -2.37. The van der Waals surface area contributed by atoms with E-state index in [9.17, 15) is 13.6 Å². The topological polar surface area (TPSA) is 80.5 Å².